The van der Waals surface area contributed by atoms with E-state index >= 15 is 0 Å². The van der Waals surface area contributed by atoms with Gasteiger partial charge in [-0.15, -0.1) is 0 Å². The number of carbonyl (C=O) groups is 1. The Hall–Kier alpha value is -2.13. The number of hydrogen-bond donors (Lipinski definition) is 0. The van der Waals surface area contributed by atoms with Crippen LogP contribution in [-0.4, -0.2) is 12.6 Å². The maximum atomic E-state index is 11.5. The molecule has 0 fully saturated rings. The highest BCUT2D eigenvalue weighted by molar-refractivity contribution is 5.73. The third kappa shape index (κ3) is 4.03. The third-order valence-electron chi connectivity index (χ3n) is 2.31. The topological polar surface area (TPSA) is 35.5 Å². The molecule has 0 unspecified atom stereocenters. The lowest BCUT2D eigenvalue weighted by Crippen LogP contribution is -2.15. The predicted molar refractivity (Wildman–Crippen MR) is 68.2 cm³/mol. The van der Waals surface area contributed by atoms with Crippen molar-refractivity contribution >= 4 is 5.97 Å². The van der Waals surface area contributed by atoms with Gasteiger partial charge in [0.2, 0.25) is 0 Å². The van der Waals surface area contributed by atoms with Crippen molar-refractivity contribution in [2.24, 2.45) is 0 Å². The minimum atomic E-state index is -0.392. The molecule has 2 rings (SSSR count). The standard InChI is InChI=1S/C15H14O3/c16-15(18-14-9-5-2-6-10-14)12-17-11-13-7-3-1-4-8-13/h1-10H,11-12H2. The molecule has 0 N–H and O–H groups in total. The average molecular weight is 242 g/mol. The van der Waals surface area contributed by atoms with E-state index in [2.05, 4.69) is 0 Å². The normalized spacial score (nSPS) is 10.0. The number of hydrogen-bond acceptors (Lipinski definition) is 3. The van der Waals surface area contributed by atoms with Crippen LogP contribution in [0.1, 0.15) is 5.56 Å². The van der Waals surface area contributed by atoms with Crippen LogP contribution in [0.15, 0.2) is 60.7 Å². The van der Waals surface area contributed by atoms with E-state index in [1.165, 1.54) is 0 Å². The molecule has 0 radical (unpaired) electrons. The zero-order valence-electron chi connectivity index (χ0n) is 9.91. The van der Waals surface area contributed by atoms with Crippen LogP contribution in [-0.2, 0) is 16.1 Å². The van der Waals surface area contributed by atoms with Gasteiger partial charge < -0.3 is 9.47 Å². The first kappa shape index (κ1) is 12.3. The van der Waals surface area contributed by atoms with Crippen molar-refractivity contribution < 1.29 is 14.3 Å². The maximum Gasteiger partial charge on any atom is 0.337 e. The average Bonchev–Trinajstić information content (AvgIpc) is 2.41. The maximum absolute atomic E-state index is 11.5. The zero-order chi connectivity index (χ0) is 12.6. The molecular weight excluding hydrogens is 228 g/mol. The fraction of sp³-hybridized carbons (Fsp3) is 0.133. The van der Waals surface area contributed by atoms with Crippen LogP contribution in [0.2, 0.25) is 0 Å². The van der Waals surface area contributed by atoms with Crippen LogP contribution in [0.4, 0.5) is 0 Å². The van der Waals surface area contributed by atoms with E-state index in [9.17, 15) is 4.79 Å². The van der Waals surface area contributed by atoms with Crippen molar-refractivity contribution in [3.8, 4) is 5.75 Å². The van der Waals surface area contributed by atoms with E-state index in [1.54, 1.807) is 12.1 Å². The van der Waals surface area contributed by atoms with Gasteiger partial charge in [0.1, 0.15) is 12.4 Å². The summed E-state index contributed by atoms with van der Waals surface area (Å²) in [6.45, 7) is 0.356. The molecule has 2 aromatic rings. The molecule has 18 heavy (non-hydrogen) atoms. The van der Waals surface area contributed by atoms with Crippen LogP contribution < -0.4 is 4.74 Å². The predicted octanol–water partition coefficient (Wildman–Crippen LogP) is 2.81. The number of esters is 1. The van der Waals surface area contributed by atoms with Crippen LogP contribution in [0.5, 0.6) is 5.75 Å². The first-order valence-corrected chi connectivity index (χ1v) is 5.72. The Labute approximate surface area is 106 Å². The smallest absolute Gasteiger partial charge is 0.337 e. The molecule has 0 spiro atoms. The summed E-state index contributed by atoms with van der Waals surface area (Å²) in [5.74, 6) is 0.142. The van der Waals surface area contributed by atoms with E-state index in [0.29, 0.717) is 12.4 Å². The molecule has 0 aliphatic rings. The number of ether oxygens (including phenoxy) is 2. The summed E-state index contributed by atoms with van der Waals surface area (Å²) in [7, 11) is 0. The van der Waals surface area contributed by atoms with Crippen LogP contribution in [0, 0.1) is 0 Å². The van der Waals surface area contributed by atoms with Crippen molar-refractivity contribution in [3.63, 3.8) is 0 Å². The van der Waals surface area contributed by atoms with Crippen molar-refractivity contribution in [2.45, 2.75) is 6.61 Å². The third-order valence-corrected chi connectivity index (χ3v) is 2.31. The lowest BCUT2D eigenvalue weighted by atomic mass is 10.2. The van der Waals surface area contributed by atoms with Gasteiger partial charge in [0.05, 0.1) is 6.61 Å². The van der Waals surface area contributed by atoms with E-state index in [1.807, 2.05) is 48.5 Å². The summed E-state index contributed by atoms with van der Waals surface area (Å²) in [4.78, 5) is 11.5. The van der Waals surface area contributed by atoms with Gasteiger partial charge in [-0.3, -0.25) is 0 Å². The Morgan fingerprint density at radius 1 is 0.889 bits per heavy atom. The van der Waals surface area contributed by atoms with E-state index in [-0.39, 0.29) is 6.61 Å². The Balaban J connectivity index is 1.73. The summed E-state index contributed by atoms with van der Waals surface area (Å²) in [6, 6.07) is 18.6. The lowest BCUT2D eigenvalue weighted by molar-refractivity contribution is -0.139. The number of benzene rings is 2. The van der Waals surface area contributed by atoms with E-state index < -0.39 is 5.97 Å². The molecule has 2 aromatic carbocycles. The molecule has 0 amide bonds. The number of carbonyl (C=O) groups excluding carboxylic acids is 1. The van der Waals surface area contributed by atoms with Gasteiger partial charge in [-0.25, -0.2) is 4.79 Å². The minimum absolute atomic E-state index is 0.0518. The molecule has 0 bridgehead atoms. The van der Waals surface area contributed by atoms with Gasteiger partial charge in [-0.2, -0.15) is 0 Å². The summed E-state index contributed by atoms with van der Waals surface area (Å²) < 4.78 is 10.4. The van der Waals surface area contributed by atoms with Gasteiger partial charge in [0, 0.05) is 0 Å². The molecule has 3 nitrogen and oxygen atoms in total. The molecule has 0 aromatic heterocycles. The highest BCUT2D eigenvalue weighted by atomic mass is 16.6. The van der Waals surface area contributed by atoms with Gasteiger partial charge in [-0.05, 0) is 17.7 Å². The molecule has 0 saturated carbocycles. The van der Waals surface area contributed by atoms with Crippen molar-refractivity contribution in [2.75, 3.05) is 6.61 Å². The Morgan fingerprint density at radius 2 is 1.50 bits per heavy atom. The number of para-hydroxylation sites is 1. The summed E-state index contributed by atoms with van der Waals surface area (Å²) in [5, 5.41) is 0. The zero-order valence-corrected chi connectivity index (χ0v) is 9.91. The van der Waals surface area contributed by atoms with Crippen molar-refractivity contribution in [1.29, 1.82) is 0 Å². The second kappa shape index (κ2) is 6.57. The molecule has 3 heteroatoms. The quantitative estimate of drug-likeness (QED) is 0.597. The fourth-order valence-corrected chi connectivity index (χ4v) is 1.48. The summed E-state index contributed by atoms with van der Waals surface area (Å²) in [5.41, 5.74) is 1.03. The molecule has 0 aliphatic carbocycles. The molecule has 0 saturated heterocycles. The molecular formula is C15H14O3. The second-order valence-corrected chi connectivity index (χ2v) is 3.77. The molecule has 0 aliphatic heterocycles. The highest BCUT2D eigenvalue weighted by Crippen LogP contribution is 2.08. The Kier molecular flexibility index (Phi) is 4.50. The SMILES string of the molecule is O=C(COCc1ccccc1)Oc1ccccc1. The molecule has 0 atom stereocenters. The largest absolute Gasteiger partial charge is 0.425 e. The Morgan fingerprint density at radius 3 is 2.17 bits per heavy atom. The van der Waals surface area contributed by atoms with E-state index in [4.69, 9.17) is 9.47 Å². The van der Waals surface area contributed by atoms with Gasteiger partial charge in [0.25, 0.3) is 0 Å². The van der Waals surface area contributed by atoms with Crippen molar-refractivity contribution in [1.82, 2.24) is 0 Å². The first-order chi connectivity index (χ1) is 8.84. The van der Waals surface area contributed by atoms with Crippen LogP contribution in [0.25, 0.3) is 0 Å². The van der Waals surface area contributed by atoms with Crippen LogP contribution in [0.3, 0.4) is 0 Å². The summed E-state index contributed by atoms with van der Waals surface area (Å²) >= 11 is 0. The second-order valence-electron chi connectivity index (χ2n) is 3.77. The van der Waals surface area contributed by atoms with Gasteiger partial charge in [-0.1, -0.05) is 48.5 Å². The first-order valence-electron chi connectivity index (χ1n) is 5.72. The fourth-order valence-electron chi connectivity index (χ4n) is 1.48. The van der Waals surface area contributed by atoms with Gasteiger partial charge in [0.15, 0.2) is 0 Å². The molecule has 0 heterocycles. The lowest BCUT2D eigenvalue weighted by Gasteiger charge is -2.05. The van der Waals surface area contributed by atoms with Gasteiger partial charge >= 0.3 is 5.97 Å². The minimum Gasteiger partial charge on any atom is -0.425 e. The van der Waals surface area contributed by atoms with Crippen molar-refractivity contribution in [3.05, 3.63) is 66.2 Å². The molecule has 92 valence electrons. The monoisotopic (exact) mass is 242 g/mol. The Bertz CT molecular complexity index is 480. The summed E-state index contributed by atoms with van der Waals surface area (Å²) in [6.07, 6.45) is 0. The number of rotatable bonds is 5. The highest BCUT2D eigenvalue weighted by Gasteiger charge is 2.04. The van der Waals surface area contributed by atoms with Crippen LogP contribution >= 0.6 is 0 Å². The van der Waals surface area contributed by atoms with E-state index in [0.717, 1.165) is 5.56 Å².